The molecule has 0 atom stereocenters. The number of carbonyl (C=O) groups excluding carboxylic acids is 1. The maximum Gasteiger partial charge on any atom is 0.211 e. The number of benzene rings is 2. The van der Waals surface area contributed by atoms with Gasteiger partial charge in [0.1, 0.15) is 0 Å². The van der Waals surface area contributed by atoms with Crippen molar-refractivity contribution in [3.05, 3.63) is 54.1 Å². The number of amides is 1. The summed E-state index contributed by atoms with van der Waals surface area (Å²) in [5.41, 5.74) is 1.99. The summed E-state index contributed by atoms with van der Waals surface area (Å²) in [5, 5.41) is 2.65. The summed E-state index contributed by atoms with van der Waals surface area (Å²) < 4.78 is 0. The molecule has 0 radical (unpaired) electrons. The average molecular weight is 243 g/mol. The first-order valence-electron chi connectivity index (χ1n) is 5.33. The van der Waals surface area contributed by atoms with Crippen molar-refractivity contribution in [1.82, 2.24) is 0 Å². The second kappa shape index (κ2) is 5.55. The van der Waals surface area contributed by atoms with Gasteiger partial charge in [0.2, 0.25) is 6.41 Å². The zero-order valence-electron chi connectivity index (χ0n) is 9.51. The summed E-state index contributed by atoms with van der Waals surface area (Å²) in [6, 6.07) is 16.1. The van der Waals surface area contributed by atoms with Crippen molar-refractivity contribution in [2.24, 2.45) is 0 Å². The Morgan fingerprint density at radius 1 is 1.12 bits per heavy atom. The molecule has 0 unspecified atom stereocenters. The number of hydrogen-bond acceptors (Lipinski definition) is 2. The van der Waals surface area contributed by atoms with Gasteiger partial charge in [-0.3, -0.25) is 4.79 Å². The minimum absolute atomic E-state index is 0.693. The minimum Gasteiger partial charge on any atom is -0.329 e. The van der Waals surface area contributed by atoms with Crippen LogP contribution in [-0.2, 0) is 4.79 Å². The van der Waals surface area contributed by atoms with Crippen LogP contribution in [0.5, 0.6) is 0 Å². The van der Waals surface area contributed by atoms with Crippen molar-refractivity contribution in [1.29, 1.82) is 0 Å². The maximum atomic E-state index is 10.3. The lowest BCUT2D eigenvalue weighted by molar-refractivity contribution is -0.105. The molecular weight excluding hydrogens is 230 g/mol. The van der Waals surface area contributed by atoms with E-state index >= 15 is 0 Å². The number of aryl methyl sites for hydroxylation is 1. The molecule has 0 aliphatic heterocycles. The van der Waals surface area contributed by atoms with Crippen LogP contribution in [0.15, 0.2) is 58.3 Å². The number of carbonyl (C=O) groups is 1. The van der Waals surface area contributed by atoms with Gasteiger partial charge in [-0.15, -0.1) is 0 Å². The van der Waals surface area contributed by atoms with E-state index in [9.17, 15) is 4.79 Å². The van der Waals surface area contributed by atoms with E-state index in [2.05, 4.69) is 17.4 Å². The summed E-state index contributed by atoms with van der Waals surface area (Å²) in [4.78, 5) is 12.8. The highest BCUT2D eigenvalue weighted by atomic mass is 32.2. The van der Waals surface area contributed by atoms with Gasteiger partial charge in [-0.25, -0.2) is 0 Å². The Bertz CT molecular complexity index is 511. The van der Waals surface area contributed by atoms with Gasteiger partial charge in [0.25, 0.3) is 0 Å². The Morgan fingerprint density at radius 3 is 2.53 bits per heavy atom. The van der Waals surface area contributed by atoms with Crippen molar-refractivity contribution >= 4 is 23.9 Å². The third-order valence-electron chi connectivity index (χ3n) is 2.37. The zero-order valence-corrected chi connectivity index (χ0v) is 10.3. The molecule has 0 bridgehead atoms. The van der Waals surface area contributed by atoms with Crippen LogP contribution in [0.1, 0.15) is 5.56 Å². The van der Waals surface area contributed by atoms with Crippen molar-refractivity contribution in [2.75, 3.05) is 5.32 Å². The Kier molecular flexibility index (Phi) is 3.83. The molecule has 1 amide bonds. The van der Waals surface area contributed by atoms with Gasteiger partial charge in [0, 0.05) is 15.5 Å². The van der Waals surface area contributed by atoms with E-state index in [1.165, 1.54) is 9.79 Å². The van der Waals surface area contributed by atoms with Gasteiger partial charge >= 0.3 is 0 Å². The van der Waals surface area contributed by atoms with Gasteiger partial charge in [-0.2, -0.15) is 0 Å². The number of nitrogens with one attached hydrogen (secondary N) is 1. The predicted molar refractivity (Wildman–Crippen MR) is 71.4 cm³/mol. The van der Waals surface area contributed by atoms with E-state index in [-0.39, 0.29) is 0 Å². The summed E-state index contributed by atoms with van der Waals surface area (Å²) >= 11 is 1.72. The monoisotopic (exact) mass is 243 g/mol. The maximum absolute atomic E-state index is 10.3. The fraction of sp³-hybridized carbons (Fsp3) is 0.0714. The fourth-order valence-corrected chi connectivity index (χ4v) is 2.44. The van der Waals surface area contributed by atoms with Crippen LogP contribution in [0, 0.1) is 6.92 Å². The van der Waals surface area contributed by atoms with Crippen LogP contribution >= 0.6 is 11.8 Å². The molecule has 0 aromatic heterocycles. The molecule has 0 saturated carbocycles. The van der Waals surface area contributed by atoms with E-state index in [0.717, 1.165) is 11.3 Å². The number of anilines is 1. The second-order valence-corrected chi connectivity index (χ2v) is 4.77. The molecule has 0 aliphatic carbocycles. The van der Waals surface area contributed by atoms with Crippen molar-refractivity contribution in [2.45, 2.75) is 16.7 Å². The van der Waals surface area contributed by atoms with Crippen LogP contribution in [0.3, 0.4) is 0 Å². The number of hydrogen-bond donors (Lipinski definition) is 1. The van der Waals surface area contributed by atoms with Gasteiger partial charge in [0.05, 0.1) is 0 Å². The third kappa shape index (κ3) is 3.11. The molecule has 2 aromatic carbocycles. The van der Waals surface area contributed by atoms with Crippen LogP contribution in [0.4, 0.5) is 5.69 Å². The molecule has 3 heteroatoms. The molecule has 0 aliphatic rings. The highest BCUT2D eigenvalue weighted by Gasteiger charge is 2.01. The Morgan fingerprint density at radius 2 is 1.88 bits per heavy atom. The molecular formula is C14H13NOS. The Labute approximate surface area is 105 Å². The summed E-state index contributed by atoms with van der Waals surface area (Å²) in [5.74, 6) is 0. The molecule has 2 aromatic rings. The Balaban J connectivity index is 2.19. The molecule has 86 valence electrons. The number of rotatable bonds is 4. The van der Waals surface area contributed by atoms with Crippen LogP contribution in [0.25, 0.3) is 0 Å². The van der Waals surface area contributed by atoms with Crippen molar-refractivity contribution in [3.8, 4) is 0 Å². The molecule has 0 fully saturated rings. The lowest BCUT2D eigenvalue weighted by atomic mass is 10.2. The highest BCUT2D eigenvalue weighted by molar-refractivity contribution is 7.99. The van der Waals surface area contributed by atoms with Gasteiger partial charge in [0.15, 0.2) is 0 Å². The SMILES string of the molecule is Cc1cc(NC=O)ccc1Sc1ccccc1. The first-order valence-corrected chi connectivity index (χ1v) is 6.15. The molecule has 2 nitrogen and oxygen atoms in total. The summed E-state index contributed by atoms with van der Waals surface area (Å²) in [7, 11) is 0. The summed E-state index contributed by atoms with van der Waals surface area (Å²) in [6.45, 7) is 2.04. The van der Waals surface area contributed by atoms with E-state index < -0.39 is 0 Å². The van der Waals surface area contributed by atoms with Gasteiger partial charge in [-0.1, -0.05) is 30.0 Å². The molecule has 1 N–H and O–H groups in total. The normalized spacial score (nSPS) is 9.94. The van der Waals surface area contributed by atoms with E-state index in [1.807, 2.05) is 43.3 Å². The van der Waals surface area contributed by atoms with Crippen LogP contribution < -0.4 is 5.32 Å². The molecule has 2 rings (SSSR count). The second-order valence-electron chi connectivity index (χ2n) is 3.66. The smallest absolute Gasteiger partial charge is 0.211 e. The van der Waals surface area contributed by atoms with E-state index in [4.69, 9.17) is 0 Å². The quantitative estimate of drug-likeness (QED) is 0.829. The highest BCUT2D eigenvalue weighted by Crippen LogP contribution is 2.31. The standard InChI is InChI=1S/C14H13NOS/c1-11-9-12(15-10-16)7-8-14(11)17-13-5-3-2-4-6-13/h2-10H,1H3,(H,15,16). The molecule has 0 saturated heterocycles. The van der Waals surface area contributed by atoms with Gasteiger partial charge in [-0.05, 0) is 42.8 Å². The van der Waals surface area contributed by atoms with Crippen molar-refractivity contribution < 1.29 is 4.79 Å². The molecule has 0 spiro atoms. The first-order chi connectivity index (χ1) is 8.29. The van der Waals surface area contributed by atoms with Crippen molar-refractivity contribution in [3.63, 3.8) is 0 Å². The minimum atomic E-state index is 0.693. The van der Waals surface area contributed by atoms with Gasteiger partial charge < -0.3 is 5.32 Å². The molecule has 17 heavy (non-hydrogen) atoms. The predicted octanol–water partition coefficient (Wildman–Crippen LogP) is 3.71. The largest absolute Gasteiger partial charge is 0.329 e. The van der Waals surface area contributed by atoms with Crippen LogP contribution in [0.2, 0.25) is 0 Å². The zero-order chi connectivity index (χ0) is 12.1. The molecule has 0 heterocycles. The lowest BCUT2D eigenvalue weighted by Gasteiger charge is -2.07. The lowest BCUT2D eigenvalue weighted by Crippen LogP contribution is -1.94. The first kappa shape index (κ1) is 11.7. The van der Waals surface area contributed by atoms with Crippen LogP contribution in [-0.4, -0.2) is 6.41 Å². The Hall–Kier alpha value is -1.74. The topological polar surface area (TPSA) is 29.1 Å². The average Bonchev–Trinajstić information content (AvgIpc) is 2.34. The summed E-state index contributed by atoms with van der Waals surface area (Å²) in [6.07, 6.45) is 0.693. The fourth-order valence-electron chi connectivity index (χ4n) is 1.54. The van der Waals surface area contributed by atoms with E-state index in [0.29, 0.717) is 6.41 Å². The van der Waals surface area contributed by atoms with E-state index in [1.54, 1.807) is 11.8 Å². The third-order valence-corrected chi connectivity index (χ3v) is 3.56.